The molecule has 1 aliphatic rings. The van der Waals surface area contributed by atoms with Crippen LogP contribution in [0.1, 0.15) is 31.4 Å². The lowest BCUT2D eigenvalue weighted by Gasteiger charge is -2.32. The third-order valence-electron chi connectivity index (χ3n) is 4.56. The summed E-state index contributed by atoms with van der Waals surface area (Å²) in [6.45, 7) is 3.90. The molecule has 2 atom stereocenters. The lowest BCUT2D eigenvalue weighted by Crippen LogP contribution is -2.37. The number of nitrogens with zero attached hydrogens (tertiary/aromatic N) is 3. The van der Waals surface area contributed by atoms with Gasteiger partial charge in [0.1, 0.15) is 23.8 Å². The van der Waals surface area contributed by atoms with E-state index in [2.05, 4.69) is 20.2 Å². The van der Waals surface area contributed by atoms with Gasteiger partial charge in [0.05, 0.1) is 5.02 Å². The molecule has 5 nitrogen and oxygen atoms in total. The minimum atomic E-state index is -0.425. The number of aliphatic hydroxyl groups is 1. The maximum absolute atomic E-state index is 13.3. The Bertz CT molecular complexity index is 730. The molecule has 0 saturated carbocycles. The van der Waals surface area contributed by atoms with Crippen molar-refractivity contribution in [1.29, 1.82) is 0 Å². The number of piperidine rings is 1. The Morgan fingerprint density at radius 1 is 1.40 bits per heavy atom. The average molecular weight is 365 g/mol. The minimum absolute atomic E-state index is 0.0765. The normalized spacial score (nSPS) is 18.9. The largest absolute Gasteiger partial charge is 0.396 e. The van der Waals surface area contributed by atoms with Crippen molar-refractivity contribution in [3.63, 3.8) is 0 Å². The van der Waals surface area contributed by atoms with Crippen molar-refractivity contribution < 1.29 is 9.50 Å². The topological polar surface area (TPSA) is 61.3 Å². The molecule has 2 unspecified atom stereocenters. The molecule has 1 aliphatic heterocycles. The third kappa shape index (κ3) is 4.38. The van der Waals surface area contributed by atoms with E-state index in [1.807, 2.05) is 13.0 Å². The number of anilines is 2. The van der Waals surface area contributed by atoms with Crippen molar-refractivity contribution in [2.24, 2.45) is 5.92 Å². The molecule has 2 heterocycles. The number of aromatic nitrogens is 2. The maximum atomic E-state index is 13.3. The lowest BCUT2D eigenvalue weighted by atomic mass is 9.99. The Morgan fingerprint density at radius 2 is 2.24 bits per heavy atom. The summed E-state index contributed by atoms with van der Waals surface area (Å²) in [4.78, 5) is 10.8. The molecular weight excluding hydrogens is 343 g/mol. The number of nitrogens with one attached hydrogen (secondary N) is 1. The van der Waals surface area contributed by atoms with Crippen LogP contribution in [0, 0.1) is 11.7 Å². The summed E-state index contributed by atoms with van der Waals surface area (Å²) < 4.78 is 13.3. The van der Waals surface area contributed by atoms with Crippen molar-refractivity contribution >= 4 is 23.2 Å². The number of hydrogen-bond acceptors (Lipinski definition) is 5. The molecule has 2 aromatic rings. The van der Waals surface area contributed by atoms with E-state index in [1.54, 1.807) is 12.1 Å². The van der Waals surface area contributed by atoms with Gasteiger partial charge in [-0.1, -0.05) is 17.7 Å². The van der Waals surface area contributed by atoms with Gasteiger partial charge in [-0.05, 0) is 43.4 Å². The molecule has 25 heavy (non-hydrogen) atoms. The number of benzene rings is 1. The van der Waals surface area contributed by atoms with Crippen LogP contribution in [0.3, 0.4) is 0 Å². The summed E-state index contributed by atoms with van der Waals surface area (Å²) in [5.74, 6) is 1.41. The Hall–Kier alpha value is -1.92. The van der Waals surface area contributed by atoms with E-state index < -0.39 is 5.82 Å². The molecule has 7 heteroatoms. The first-order chi connectivity index (χ1) is 12.1. The quantitative estimate of drug-likeness (QED) is 0.848. The van der Waals surface area contributed by atoms with E-state index in [0.29, 0.717) is 11.7 Å². The predicted molar refractivity (Wildman–Crippen MR) is 97.5 cm³/mol. The van der Waals surface area contributed by atoms with Crippen LogP contribution in [-0.4, -0.2) is 34.8 Å². The highest BCUT2D eigenvalue weighted by atomic mass is 35.5. The van der Waals surface area contributed by atoms with Crippen LogP contribution in [0.4, 0.5) is 16.0 Å². The van der Waals surface area contributed by atoms with Gasteiger partial charge in [-0.25, -0.2) is 14.4 Å². The number of halogens is 2. The molecule has 2 N–H and O–H groups in total. The summed E-state index contributed by atoms with van der Waals surface area (Å²) in [6.07, 6.45) is 3.62. The van der Waals surface area contributed by atoms with Crippen LogP contribution in [0.2, 0.25) is 5.02 Å². The molecule has 0 radical (unpaired) electrons. The molecule has 3 rings (SSSR count). The maximum Gasteiger partial charge on any atom is 0.141 e. The zero-order valence-corrected chi connectivity index (χ0v) is 14.9. The van der Waals surface area contributed by atoms with Crippen molar-refractivity contribution in [1.82, 2.24) is 9.97 Å². The van der Waals surface area contributed by atoms with Gasteiger partial charge in [-0.15, -0.1) is 0 Å². The first-order valence-corrected chi connectivity index (χ1v) is 8.84. The van der Waals surface area contributed by atoms with Crippen LogP contribution >= 0.6 is 11.6 Å². The molecule has 134 valence electrons. The molecule has 0 amide bonds. The number of rotatable bonds is 5. The van der Waals surface area contributed by atoms with E-state index in [0.717, 1.165) is 37.3 Å². The SMILES string of the molecule is CC(Nc1cc(N2CCCC(CO)C2)ncn1)c1ccc(F)c(Cl)c1. The van der Waals surface area contributed by atoms with Gasteiger partial charge in [0.25, 0.3) is 0 Å². The smallest absolute Gasteiger partial charge is 0.141 e. The highest BCUT2D eigenvalue weighted by Gasteiger charge is 2.20. The van der Waals surface area contributed by atoms with E-state index in [-0.39, 0.29) is 17.7 Å². The zero-order chi connectivity index (χ0) is 17.8. The van der Waals surface area contributed by atoms with E-state index in [1.165, 1.54) is 12.4 Å². The van der Waals surface area contributed by atoms with Gasteiger partial charge in [-0.2, -0.15) is 0 Å². The average Bonchev–Trinajstić information content (AvgIpc) is 2.64. The van der Waals surface area contributed by atoms with Crippen LogP contribution in [-0.2, 0) is 0 Å². The predicted octanol–water partition coefficient (Wildman–Crippen LogP) is 3.65. The monoisotopic (exact) mass is 364 g/mol. The molecule has 1 aromatic heterocycles. The van der Waals surface area contributed by atoms with Gasteiger partial charge in [0.2, 0.25) is 0 Å². The van der Waals surface area contributed by atoms with Gasteiger partial charge >= 0.3 is 0 Å². The standard InChI is InChI=1S/C18H22ClFN4O/c1-12(14-4-5-16(20)15(19)7-14)23-17-8-18(22-11-21-17)24-6-2-3-13(9-24)10-25/h4-5,7-8,11-13,25H,2-3,6,9-10H2,1H3,(H,21,22,23). The molecule has 0 aliphatic carbocycles. The van der Waals surface area contributed by atoms with E-state index in [4.69, 9.17) is 11.6 Å². The molecule has 1 fully saturated rings. The van der Waals surface area contributed by atoms with Crippen molar-refractivity contribution in [3.8, 4) is 0 Å². The Morgan fingerprint density at radius 3 is 3.00 bits per heavy atom. The fourth-order valence-electron chi connectivity index (χ4n) is 3.11. The van der Waals surface area contributed by atoms with Crippen LogP contribution in [0.25, 0.3) is 0 Å². The highest BCUT2D eigenvalue weighted by molar-refractivity contribution is 6.30. The zero-order valence-electron chi connectivity index (χ0n) is 14.1. The summed E-state index contributed by atoms with van der Waals surface area (Å²) in [6, 6.07) is 6.52. The van der Waals surface area contributed by atoms with E-state index >= 15 is 0 Å². The highest BCUT2D eigenvalue weighted by Crippen LogP contribution is 2.26. The van der Waals surface area contributed by atoms with Crippen LogP contribution < -0.4 is 10.2 Å². The number of aliphatic hydroxyl groups excluding tert-OH is 1. The van der Waals surface area contributed by atoms with Crippen molar-refractivity contribution in [2.45, 2.75) is 25.8 Å². The second-order valence-corrected chi connectivity index (χ2v) is 6.85. The second-order valence-electron chi connectivity index (χ2n) is 6.44. The third-order valence-corrected chi connectivity index (χ3v) is 4.85. The molecular formula is C18H22ClFN4O. The summed E-state index contributed by atoms with van der Waals surface area (Å²) in [7, 11) is 0. The molecule has 1 aromatic carbocycles. The Balaban J connectivity index is 1.71. The fraction of sp³-hybridized carbons (Fsp3) is 0.444. The van der Waals surface area contributed by atoms with Gasteiger partial charge in [0, 0.05) is 31.8 Å². The Labute approximate surface area is 151 Å². The first-order valence-electron chi connectivity index (χ1n) is 8.46. The second kappa shape index (κ2) is 7.97. The summed E-state index contributed by atoms with van der Waals surface area (Å²) in [5.41, 5.74) is 0.880. The minimum Gasteiger partial charge on any atom is -0.396 e. The molecule has 0 spiro atoms. The van der Waals surface area contributed by atoms with E-state index in [9.17, 15) is 9.50 Å². The van der Waals surface area contributed by atoms with Crippen molar-refractivity contribution in [2.75, 3.05) is 29.9 Å². The van der Waals surface area contributed by atoms with Gasteiger partial charge in [-0.3, -0.25) is 0 Å². The molecule has 0 bridgehead atoms. The Kier molecular flexibility index (Phi) is 5.71. The summed E-state index contributed by atoms with van der Waals surface area (Å²) in [5, 5.41) is 12.8. The van der Waals surface area contributed by atoms with Gasteiger partial charge < -0.3 is 15.3 Å². The van der Waals surface area contributed by atoms with Gasteiger partial charge in [0.15, 0.2) is 0 Å². The van der Waals surface area contributed by atoms with Crippen LogP contribution in [0.15, 0.2) is 30.6 Å². The van der Waals surface area contributed by atoms with Crippen molar-refractivity contribution in [3.05, 3.63) is 47.0 Å². The lowest BCUT2D eigenvalue weighted by molar-refractivity contribution is 0.208. The fourth-order valence-corrected chi connectivity index (χ4v) is 3.30. The molecule has 1 saturated heterocycles. The summed E-state index contributed by atoms with van der Waals surface area (Å²) >= 11 is 5.86. The first kappa shape index (κ1) is 17.9. The van der Waals surface area contributed by atoms with Crippen LogP contribution in [0.5, 0.6) is 0 Å². The number of hydrogen-bond donors (Lipinski definition) is 2.